The molecule has 0 aromatic heterocycles. The van der Waals surface area contributed by atoms with Crippen LogP contribution in [0.1, 0.15) is 38.5 Å². The second-order valence-electron chi connectivity index (χ2n) is 7.60. The van der Waals surface area contributed by atoms with Gasteiger partial charge in [0.25, 0.3) is 0 Å². The third kappa shape index (κ3) is 3.58. The van der Waals surface area contributed by atoms with Crippen molar-refractivity contribution in [2.24, 2.45) is 5.73 Å². The maximum absolute atomic E-state index is 12.2. The van der Waals surface area contributed by atoms with Crippen molar-refractivity contribution < 1.29 is 21.6 Å². The summed E-state index contributed by atoms with van der Waals surface area (Å²) in [6.45, 7) is 0.613. The van der Waals surface area contributed by atoms with Crippen molar-refractivity contribution >= 4 is 25.8 Å². The Labute approximate surface area is 149 Å². The number of hydrogen-bond donors (Lipinski definition) is 1. The lowest BCUT2D eigenvalue weighted by molar-refractivity contribution is -0.131. The molecule has 0 aliphatic carbocycles. The molecule has 2 N–H and O–H groups in total. The van der Waals surface area contributed by atoms with E-state index < -0.39 is 31.4 Å². The summed E-state index contributed by atoms with van der Waals surface area (Å²) < 4.78 is 49.2. The van der Waals surface area contributed by atoms with Crippen LogP contribution in [-0.4, -0.2) is 80.4 Å². The SMILES string of the molecule is CS(=O)(=O)N(CCN1C2CCC[C@@]1(C(N)=O)CC2)[C@@H]1CCS(=O)(=O)C1. The van der Waals surface area contributed by atoms with Crippen LogP contribution in [0.4, 0.5) is 0 Å². The molecule has 1 unspecified atom stereocenters. The molecular formula is C15H27N3O5S2. The highest BCUT2D eigenvalue weighted by atomic mass is 32.2. The number of rotatable bonds is 6. The lowest BCUT2D eigenvalue weighted by atomic mass is 9.87. The molecule has 25 heavy (non-hydrogen) atoms. The second kappa shape index (κ2) is 6.47. The van der Waals surface area contributed by atoms with Crippen LogP contribution in [-0.2, 0) is 24.7 Å². The fourth-order valence-electron chi connectivity index (χ4n) is 4.87. The van der Waals surface area contributed by atoms with E-state index >= 15 is 0 Å². The van der Waals surface area contributed by atoms with Gasteiger partial charge in [-0.05, 0) is 38.5 Å². The van der Waals surface area contributed by atoms with Gasteiger partial charge in [0.15, 0.2) is 9.84 Å². The monoisotopic (exact) mass is 393 g/mol. The van der Waals surface area contributed by atoms with Gasteiger partial charge < -0.3 is 5.73 Å². The van der Waals surface area contributed by atoms with Gasteiger partial charge in [-0.1, -0.05) is 0 Å². The quantitative estimate of drug-likeness (QED) is 0.638. The highest BCUT2D eigenvalue weighted by Gasteiger charge is 2.52. The molecule has 3 aliphatic rings. The zero-order valence-electron chi connectivity index (χ0n) is 14.6. The number of primary amides is 1. The van der Waals surface area contributed by atoms with Gasteiger partial charge in [-0.15, -0.1) is 0 Å². The van der Waals surface area contributed by atoms with Gasteiger partial charge >= 0.3 is 0 Å². The number of sulfone groups is 1. The zero-order chi connectivity index (χ0) is 18.5. The fourth-order valence-corrected chi connectivity index (χ4v) is 7.83. The number of carbonyl (C=O) groups excluding carboxylic acids is 1. The highest BCUT2D eigenvalue weighted by molar-refractivity contribution is 7.92. The number of amides is 1. The number of nitrogens with zero attached hydrogens (tertiary/aromatic N) is 2. The molecule has 144 valence electrons. The predicted molar refractivity (Wildman–Crippen MR) is 94.1 cm³/mol. The minimum atomic E-state index is -3.53. The second-order valence-corrected chi connectivity index (χ2v) is 11.8. The zero-order valence-corrected chi connectivity index (χ0v) is 16.2. The average Bonchev–Trinajstić information content (AvgIpc) is 2.92. The number of piperidine rings is 1. The Hall–Kier alpha value is -0.710. The Morgan fingerprint density at radius 3 is 2.56 bits per heavy atom. The maximum atomic E-state index is 12.2. The van der Waals surface area contributed by atoms with Crippen molar-refractivity contribution in [1.82, 2.24) is 9.21 Å². The average molecular weight is 394 g/mol. The van der Waals surface area contributed by atoms with E-state index in [0.717, 1.165) is 38.4 Å². The Bertz CT molecular complexity index is 747. The summed E-state index contributed by atoms with van der Waals surface area (Å²) in [4.78, 5) is 14.2. The molecule has 8 nitrogen and oxygen atoms in total. The van der Waals surface area contributed by atoms with Crippen molar-refractivity contribution in [3.63, 3.8) is 0 Å². The predicted octanol–water partition coefficient (Wildman–Crippen LogP) is -0.692. The van der Waals surface area contributed by atoms with Crippen molar-refractivity contribution in [2.75, 3.05) is 30.9 Å². The van der Waals surface area contributed by atoms with E-state index in [1.807, 2.05) is 0 Å². The van der Waals surface area contributed by atoms with Crippen LogP contribution < -0.4 is 5.73 Å². The van der Waals surface area contributed by atoms with Crippen LogP contribution in [0.5, 0.6) is 0 Å². The smallest absolute Gasteiger partial charge is 0.237 e. The standard InChI is InChI=1S/C15H27N3O5S2/c1-24(20,21)18(13-5-10-25(22,23)11-13)9-8-17-12-3-2-6-15(17,7-4-12)14(16)19/h12-13H,2-11H2,1H3,(H2,16,19)/t12?,13-,15+/m1/s1. The van der Waals surface area contributed by atoms with Gasteiger partial charge in [0.1, 0.15) is 5.54 Å². The van der Waals surface area contributed by atoms with Gasteiger partial charge in [0.05, 0.1) is 17.8 Å². The number of fused-ring (bicyclic) bond motifs is 2. The molecule has 3 aliphatic heterocycles. The number of nitrogens with two attached hydrogens (primary N) is 1. The van der Waals surface area contributed by atoms with Crippen LogP contribution in [0, 0.1) is 0 Å². The molecule has 3 fully saturated rings. The molecule has 1 amide bonds. The Kier molecular flexibility index (Phi) is 4.93. The summed E-state index contributed by atoms with van der Waals surface area (Å²) in [6, 6.07) is -0.248. The van der Waals surface area contributed by atoms with Crippen LogP contribution in [0.3, 0.4) is 0 Å². The Morgan fingerprint density at radius 2 is 2.00 bits per heavy atom. The third-order valence-electron chi connectivity index (χ3n) is 6.07. The van der Waals surface area contributed by atoms with E-state index in [1.165, 1.54) is 4.31 Å². The lowest BCUT2D eigenvalue weighted by Gasteiger charge is -2.43. The molecule has 10 heteroatoms. The van der Waals surface area contributed by atoms with Crippen LogP contribution >= 0.6 is 0 Å². The highest BCUT2D eigenvalue weighted by Crippen LogP contribution is 2.43. The molecular weight excluding hydrogens is 366 g/mol. The first kappa shape index (κ1) is 19.1. The molecule has 3 heterocycles. The van der Waals surface area contributed by atoms with Crippen molar-refractivity contribution in [3.8, 4) is 0 Å². The minimum absolute atomic E-state index is 0.0290. The molecule has 0 spiro atoms. The first-order chi connectivity index (χ1) is 11.6. The van der Waals surface area contributed by atoms with Gasteiger partial charge in [-0.3, -0.25) is 9.69 Å². The van der Waals surface area contributed by atoms with Crippen LogP contribution in [0.15, 0.2) is 0 Å². The molecule has 3 saturated heterocycles. The number of sulfonamides is 1. The summed E-state index contributed by atoms with van der Waals surface area (Å²) in [5, 5.41) is 0. The van der Waals surface area contributed by atoms with E-state index in [9.17, 15) is 21.6 Å². The summed E-state index contributed by atoms with van der Waals surface area (Å²) >= 11 is 0. The van der Waals surface area contributed by atoms with E-state index in [-0.39, 0.29) is 30.0 Å². The molecule has 3 rings (SSSR count). The van der Waals surface area contributed by atoms with Gasteiger partial charge in [0.2, 0.25) is 15.9 Å². The largest absolute Gasteiger partial charge is 0.368 e. The van der Waals surface area contributed by atoms with Crippen molar-refractivity contribution in [2.45, 2.75) is 56.1 Å². The van der Waals surface area contributed by atoms with E-state index in [0.29, 0.717) is 13.0 Å². The minimum Gasteiger partial charge on any atom is -0.368 e. The summed E-state index contributed by atoms with van der Waals surface area (Å²) in [5.74, 6) is -0.421. The summed E-state index contributed by atoms with van der Waals surface area (Å²) in [5.41, 5.74) is 5.03. The van der Waals surface area contributed by atoms with Crippen molar-refractivity contribution in [3.05, 3.63) is 0 Å². The number of carbonyl (C=O) groups is 1. The van der Waals surface area contributed by atoms with Crippen LogP contribution in [0.25, 0.3) is 0 Å². The third-order valence-corrected chi connectivity index (χ3v) is 9.15. The van der Waals surface area contributed by atoms with Crippen LogP contribution in [0.2, 0.25) is 0 Å². The van der Waals surface area contributed by atoms with Gasteiger partial charge in [0, 0.05) is 25.2 Å². The van der Waals surface area contributed by atoms with E-state index in [1.54, 1.807) is 0 Å². The Balaban J connectivity index is 1.76. The van der Waals surface area contributed by atoms with Gasteiger partial charge in [-0.25, -0.2) is 16.8 Å². The fraction of sp³-hybridized carbons (Fsp3) is 0.933. The summed E-state index contributed by atoms with van der Waals surface area (Å²) in [7, 11) is -6.70. The molecule has 0 aromatic carbocycles. The lowest BCUT2D eigenvalue weighted by Crippen LogP contribution is -2.59. The molecule has 0 radical (unpaired) electrons. The molecule has 0 aromatic rings. The van der Waals surface area contributed by atoms with E-state index in [4.69, 9.17) is 5.73 Å². The summed E-state index contributed by atoms with van der Waals surface area (Å²) in [6.07, 6.45) is 5.75. The molecule has 0 saturated carbocycles. The maximum Gasteiger partial charge on any atom is 0.237 e. The van der Waals surface area contributed by atoms with Gasteiger partial charge in [-0.2, -0.15) is 4.31 Å². The Morgan fingerprint density at radius 1 is 1.28 bits per heavy atom. The first-order valence-corrected chi connectivity index (χ1v) is 12.5. The molecule has 2 bridgehead atoms. The van der Waals surface area contributed by atoms with E-state index in [2.05, 4.69) is 4.90 Å². The van der Waals surface area contributed by atoms with Crippen molar-refractivity contribution in [1.29, 1.82) is 0 Å². The normalized spacial score (nSPS) is 35.3. The molecule has 3 atom stereocenters. The number of hydrogen-bond acceptors (Lipinski definition) is 6. The topological polar surface area (TPSA) is 118 Å². The first-order valence-electron chi connectivity index (χ1n) is 8.79.